The number of hydrogen-bond donors (Lipinski definition) is 1. The summed E-state index contributed by atoms with van der Waals surface area (Å²) in [6.45, 7) is 6.74. The number of nitrogens with zero attached hydrogens (tertiary/aromatic N) is 3. The molecule has 7 heteroatoms. The Bertz CT molecular complexity index is 617. The van der Waals surface area contributed by atoms with Gasteiger partial charge in [0.1, 0.15) is 11.3 Å². The summed E-state index contributed by atoms with van der Waals surface area (Å²) in [4.78, 5) is 29.1. The fraction of sp³-hybridized carbons (Fsp3) is 0.706. The predicted molar refractivity (Wildman–Crippen MR) is 88.7 cm³/mol. The van der Waals surface area contributed by atoms with Crippen LogP contribution in [0.5, 0.6) is 0 Å². The third kappa shape index (κ3) is 2.92. The van der Waals surface area contributed by atoms with Crippen LogP contribution in [0.25, 0.3) is 0 Å². The van der Waals surface area contributed by atoms with Crippen LogP contribution in [0, 0.1) is 0 Å². The van der Waals surface area contributed by atoms with Crippen molar-refractivity contribution in [3.8, 4) is 0 Å². The molecule has 132 valence electrons. The Kier molecular flexibility index (Phi) is 4.62. The minimum Gasteiger partial charge on any atom is -0.360 e. The molecule has 3 rings (SSSR count). The molecular formula is C17H26N4O3. The van der Waals surface area contributed by atoms with E-state index in [-0.39, 0.29) is 17.7 Å². The number of carbonyl (C=O) groups excluding carboxylic acids is 2. The molecule has 0 bridgehead atoms. The molecule has 0 saturated carbocycles. The normalized spacial score (nSPS) is 21.8. The molecule has 0 aliphatic carbocycles. The number of carbonyl (C=O) groups is 2. The third-order valence-corrected chi connectivity index (χ3v) is 5.30. The van der Waals surface area contributed by atoms with E-state index >= 15 is 0 Å². The first kappa shape index (κ1) is 17.0. The topological polar surface area (TPSA) is 78.7 Å². The van der Waals surface area contributed by atoms with Gasteiger partial charge >= 0.3 is 0 Å². The van der Waals surface area contributed by atoms with Gasteiger partial charge in [-0.25, -0.2) is 0 Å². The average molecular weight is 334 g/mol. The van der Waals surface area contributed by atoms with Crippen molar-refractivity contribution in [3.05, 3.63) is 17.5 Å². The lowest BCUT2D eigenvalue weighted by Crippen LogP contribution is -2.61. The van der Waals surface area contributed by atoms with E-state index in [9.17, 15) is 9.59 Å². The molecule has 1 aromatic rings. The lowest BCUT2D eigenvalue weighted by atomic mass is 9.85. The minimum absolute atomic E-state index is 0.0955. The van der Waals surface area contributed by atoms with Crippen molar-refractivity contribution in [2.24, 2.45) is 0 Å². The fourth-order valence-corrected chi connectivity index (χ4v) is 3.58. The van der Waals surface area contributed by atoms with E-state index in [4.69, 9.17) is 4.52 Å². The summed E-state index contributed by atoms with van der Waals surface area (Å²) >= 11 is 0. The molecule has 2 amide bonds. The van der Waals surface area contributed by atoms with Gasteiger partial charge in [0.25, 0.3) is 5.91 Å². The van der Waals surface area contributed by atoms with Crippen LogP contribution in [-0.4, -0.2) is 65.5 Å². The van der Waals surface area contributed by atoms with Crippen molar-refractivity contribution in [2.75, 3.05) is 33.2 Å². The Hall–Kier alpha value is -1.89. The highest BCUT2D eigenvalue weighted by atomic mass is 16.5. The van der Waals surface area contributed by atoms with Gasteiger partial charge in [0.2, 0.25) is 5.91 Å². The molecule has 2 fully saturated rings. The van der Waals surface area contributed by atoms with Crippen molar-refractivity contribution >= 4 is 11.8 Å². The monoisotopic (exact) mass is 334 g/mol. The van der Waals surface area contributed by atoms with Crippen molar-refractivity contribution in [3.63, 3.8) is 0 Å². The summed E-state index contributed by atoms with van der Waals surface area (Å²) in [6, 6.07) is 1.72. The lowest BCUT2D eigenvalue weighted by Gasteiger charge is -2.44. The minimum atomic E-state index is -0.486. The smallest absolute Gasteiger partial charge is 0.276 e. The summed E-state index contributed by atoms with van der Waals surface area (Å²) in [5.74, 6) is 0.900. The third-order valence-electron chi connectivity index (χ3n) is 5.30. The van der Waals surface area contributed by atoms with Gasteiger partial charge in [-0.15, -0.1) is 0 Å². The zero-order valence-electron chi connectivity index (χ0n) is 14.7. The maximum Gasteiger partial charge on any atom is 0.276 e. The summed E-state index contributed by atoms with van der Waals surface area (Å²) in [7, 11) is 2.01. The van der Waals surface area contributed by atoms with Crippen molar-refractivity contribution in [2.45, 2.75) is 44.6 Å². The maximum absolute atomic E-state index is 12.6. The highest BCUT2D eigenvalue weighted by Gasteiger charge is 2.46. The van der Waals surface area contributed by atoms with Gasteiger partial charge in [-0.3, -0.25) is 14.5 Å². The molecule has 2 saturated heterocycles. The van der Waals surface area contributed by atoms with Crippen LogP contribution in [0.3, 0.4) is 0 Å². The van der Waals surface area contributed by atoms with E-state index in [0.717, 1.165) is 25.3 Å². The Labute approximate surface area is 142 Å². The number of rotatable bonds is 2. The first-order chi connectivity index (χ1) is 11.4. The number of aromatic nitrogens is 1. The van der Waals surface area contributed by atoms with Crippen LogP contribution in [0.2, 0.25) is 0 Å². The van der Waals surface area contributed by atoms with Gasteiger partial charge in [0.05, 0.1) is 0 Å². The molecule has 0 unspecified atom stereocenters. The van der Waals surface area contributed by atoms with Gasteiger partial charge < -0.3 is 14.7 Å². The first-order valence-electron chi connectivity index (χ1n) is 8.69. The van der Waals surface area contributed by atoms with Crippen LogP contribution in [0.1, 0.15) is 55.3 Å². The van der Waals surface area contributed by atoms with Crippen LogP contribution in [-0.2, 0) is 4.79 Å². The molecule has 3 heterocycles. The van der Waals surface area contributed by atoms with E-state index in [1.807, 2.05) is 20.9 Å². The van der Waals surface area contributed by atoms with E-state index in [2.05, 4.69) is 15.4 Å². The number of nitrogens with one attached hydrogen (secondary N) is 1. The van der Waals surface area contributed by atoms with E-state index in [1.54, 1.807) is 11.0 Å². The molecule has 0 radical (unpaired) electrons. The molecule has 2 aliphatic heterocycles. The molecule has 7 nitrogen and oxygen atoms in total. The Balaban J connectivity index is 1.69. The van der Waals surface area contributed by atoms with Gasteiger partial charge in [-0.05, 0) is 26.3 Å². The maximum atomic E-state index is 12.6. The second-order valence-corrected chi connectivity index (χ2v) is 7.12. The van der Waals surface area contributed by atoms with Crippen molar-refractivity contribution in [1.82, 2.24) is 20.3 Å². The van der Waals surface area contributed by atoms with Crippen molar-refractivity contribution < 1.29 is 14.1 Å². The zero-order chi connectivity index (χ0) is 17.3. The van der Waals surface area contributed by atoms with Gasteiger partial charge in [-0.1, -0.05) is 19.0 Å². The quantitative estimate of drug-likeness (QED) is 0.880. The van der Waals surface area contributed by atoms with Crippen LogP contribution < -0.4 is 5.32 Å². The molecule has 0 aromatic carbocycles. The van der Waals surface area contributed by atoms with E-state index in [0.29, 0.717) is 31.6 Å². The molecule has 0 atom stereocenters. The molecule has 2 aliphatic rings. The Morgan fingerprint density at radius 1 is 1.33 bits per heavy atom. The van der Waals surface area contributed by atoms with Gasteiger partial charge in [-0.2, -0.15) is 0 Å². The summed E-state index contributed by atoms with van der Waals surface area (Å²) in [6.07, 6.45) is 2.26. The van der Waals surface area contributed by atoms with Crippen LogP contribution in [0.15, 0.2) is 10.6 Å². The number of likely N-dealkylation sites (N-methyl/N-ethyl adjacent to an activating group) is 1. The molecule has 1 N–H and O–H groups in total. The molecule has 1 aromatic heterocycles. The second kappa shape index (κ2) is 6.55. The first-order valence-corrected chi connectivity index (χ1v) is 8.69. The van der Waals surface area contributed by atoms with Gasteiger partial charge in [0, 0.05) is 38.2 Å². The zero-order valence-corrected chi connectivity index (χ0v) is 14.7. The van der Waals surface area contributed by atoms with Crippen LogP contribution >= 0.6 is 0 Å². The Morgan fingerprint density at radius 3 is 2.67 bits per heavy atom. The van der Waals surface area contributed by atoms with Gasteiger partial charge in [0.15, 0.2) is 5.69 Å². The number of piperidine rings is 1. The van der Waals surface area contributed by atoms with Crippen molar-refractivity contribution in [1.29, 1.82) is 0 Å². The predicted octanol–water partition coefficient (Wildman–Crippen LogP) is 1.22. The lowest BCUT2D eigenvalue weighted by molar-refractivity contribution is -0.134. The van der Waals surface area contributed by atoms with E-state index in [1.165, 1.54) is 0 Å². The molecule has 24 heavy (non-hydrogen) atoms. The highest BCUT2D eigenvalue weighted by molar-refractivity contribution is 5.93. The Morgan fingerprint density at radius 2 is 2.04 bits per heavy atom. The largest absolute Gasteiger partial charge is 0.360 e. The summed E-state index contributed by atoms with van der Waals surface area (Å²) in [5.41, 5.74) is -0.131. The number of amides is 2. The molecular weight excluding hydrogens is 308 g/mol. The summed E-state index contributed by atoms with van der Waals surface area (Å²) < 4.78 is 5.23. The molecule has 1 spiro atoms. The fourth-order valence-electron chi connectivity index (χ4n) is 3.58. The second-order valence-electron chi connectivity index (χ2n) is 7.12. The average Bonchev–Trinajstić information content (AvgIpc) is 3.03. The SMILES string of the molecule is CC(C)c1cc(C(=O)N2CCC3(CC2)C(=O)NCCCN3C)no1. The standard InChI is InChI=1S/C17H26N4O3/c1-12(2)14-11-13(19-24-14)15(22)21-9-5-17(6-10-21)16(23)18-7-4-8-20(17)3/h11-12H,4-10H2,1-3H3,(H,18,23). The number of hydrogen-bond acceptors (Lipinski definition) is 5. The summed E-state index contributed by atoms with van der Waals surface area (Å²) in [5, 5.41) is 6.92. The number of likely N-dealkylation sites (tertiary alicyclic amines) is 1. The highest BCUT2D eigenvalue weighted by Crippen LogP contribution is 2.30. The van der Waals surface area contributed by atoms with Crippen LogP contribution in [0.4, 0.5) is 0 Å². The van der Waals surface area contributed by atoms with E-state index < -0.39 is 5.54 Å².